The van der Waals surface area contributed by atoms with Crippen molar-refractivity contribution in [1.29, 1.82) is 0 Å². The Hall–Kier alpha value is -3.22. The molecule has 0 radical (unpaired) electrons. The molecule has 1 atom stereocenters. The third kappa shape index (κ3) is 3.02. The van der Waals surface area contributed by atoms with Crippen LogP contribution in [0.2, 0.25) is 0 Å². The summed E-state index contributed by atoms with van der Waals surface area (Å²) in [5.74, 6) is 0.538. The van der Waals surface area contributed by atoms with Gasteiger partial charge in [-0.1, -0.05) is 42.5 Å². The van der Waals surface area contributed by atoms with Gasteiger partial charge in [0.15, 0.2) is 0 Å². The number of fused-ring (bicyclic) bond motifs is 4. The van der Waals surface area contributed by atoms with Crippen molar-refractivity contribution in [2.75, 3.05) is 38.1 Å². The van der Waals surface area contributed by atoms with E-state index in [1.807, 2.05) is 24.3 Å². The predicted octanol–water partition coefficient (Wildman–Crippen LogP) is 4.54. The summed E-state index contributed by atoms with van der Waals surface area (Å²) in [7, 11) is 2.12. The average Bonchev–Trinajstić information content (AvgIpc) is 3.26. The fourth-order valence-electron chi connectivity index (χ4n) is 5.17. The van der Waals surface area contributed by atoms with Crippen molar-refractivity contribution in [3.8, 4) is 22.5 Å². The Morgan fingerprint density at radius 2 is 1.78 bits per heavy atom. The molecule has 1 aliphatic heterocycles. The topological polar surface area (TPSA) is 61.2 Å². The summed E-state index contributed by atoms with van der Waals surface area (Å²) in [6, 6.07) is 17.8. The van der Waals surface area contributed by atoms with Crippen LogP contribution in [-0.4, -0.2) is 48.1 Å². The maximum atomic E-state index is 15.1. The van der Waals surface area contributed by atoms with Crippen molar-refractivity contribution in [2.45, 2.75) is 12.5 Å². The van der Waals surface area contributed by atoms with E-state index < -0.39 is 0 Å². The summed E-state index contributed by atoms with van der Waals surface area (Å²) in [4.78, 5) is 12.7. The van der Waals surface area contributed by atoms with Crippen molar-refractivity contribution >= 4 is 16.7 Å². The maximum Gasteiger partial charge on any atom is 0.148 e. The normalized spacial score (nSPS) is 18.6. The Morgan fingerprint density at radius 1 is 0.969 bits per heavy atom. The number of hydrogen-bond donors (Lipinski definition) is 2. The fraction of sp³-hybridized carbons (Fsp3) is 0.269. The second kappa shape index (κ2) is 7.43. The van der Waals surface area contributed by atoms with Crippen LogP contribution in [0.5, 0.6) is 0 Å². The number of H-pyrrole nitrogens is 1. The standard InChI is InChI=1S/C26H26FN5/c1-31-10-5-11-32(13-12-31)23-15-22-21(14-20(23)27)29-26(30-22)19-9-4-8-18-24(19)16-6-2-3-7-17(16)25(18)28/h2-4,6-9,14-15,25H,5,10-13,28H2,1H3,(H,29,30)/t25-/m1/s1. The molecule has 0 saturated carbocycles. The van der Waals surface area contributed by atoms with Crippen molar-refractivity contribution in [3.05, 3.63) is 71.5 Å². The lowest BCUT2D eigenvalue weighted by molar-refractivity contribution is 0.360. The molecule has 6 rings (SSSR count). The lowest BCUT2D eigenvalue weighted by Crippen LogP contribution is -2.29. The summed E-state index contributed by atoms with van der Waals surface area (Å²) in [5, 5.41) is 0. The molecule has 0 unspecified atom stereocenters. The minimum absolute atomic E-state index is 0.143. The predicted molar refractivity (Wildman–Crippen MR) is 127 cm³/mol. The van der Waals surface area contributed by atoms with E-state index in [-0.39, 0.29) is 11.9 Å². The second-order valence-corrected chi connectivity index (χ2v) is 8.88. The van der Waals surface area contributed by atoms with Crippen LogP contribution in [0.3, 0.4) is 0 Å². The Labute approximate surface area is 186 Å². The van der Waals surface area contributed by atoms with Crippen molar-refractivity contribution in [1.82, 2.24) is 14.9 Å². The largest absolute Gasteiger partial charge is 0.368 e. The van der Waals surface area contributed by atoms with Crippen LogP contribution < -0.4 is 10.6 Å². The molecule has 3 aromatic carbocycles. The van der Waals surface area contributed by atoms with E-state index in [1.54, 1.807) is 6.07 Å². The summed E-state index contributed by atoms with van der Waals surface area (Å²) in [6.45, 7) is 3.64. The zero-order valence-corrected chi connectivity index (χ0v) is 18.1. The van der Waals surface area contributed by atoms with Gasteiger partial charge in [-0.3, -0.25) is 0 Å². The van der Waals surface area contributed by atoms with Crippen LogP contribution in [0.25, 0.3) is 33.5 Å². The van der Waals surface area contributed by atoms with Gasteiger partial charge in [0.05, 0.1) is 22.8 Å². The highest BCUT2D eigenvalue weighted by atomic mass is 19.1. The Kier molecular flexibility index (Phi) is 4.52. The molecule has 4 aromatic rings. The van der Waals surface area contributed by atoms with E-state index >= 15 is 4.39 Å². The first-order valence-corrected chi connectivity index (χ1v) is 11.2. The van der Waals surface area contributed by atoms with Crippen LogP contribution in [-0.2, 0) is 0 Å². The third-order valence-corrected chi connectivity index (χ3v) is 6.86. The van der Waals surface area contributed by atoms with Crippen LogP contribution in [0.1, 0.15) is 23.6 Å². The van der Waals surface area contributed by atoms with Crippen LogP contribution in [0, 0.1) is 5.82 Å². The number of anilines is 1. The number of hydrogen-bond acceptors (Lipinski definition) is 4. The summed E-state index contributed by atoms with van der Waals surface area (Å²) < 4.78 is 15.1. The van der Waals surface area contributed by atoms with Gasteiger partial charge in [0.1, 0.15) is 11.6 Å². The van der Waals surface area contributed by atoms with Crippen LogP contribution >= 0.6 is 0 Å². The molecule has 2 aliphatic rings. The molecular formula is C26H26FN5. The average molecular weight is 428 g/mol. The number of imidazole rings is 1. The highest BCUT2D eigenvalue weighted by Gasteiger charge is 2.29. The number of nitrogens with one attached hydrogen (secondary N) is 1. The minimum atomic E-state index is -0.206. The molecule has 32 heavy (non-hydrogen) atoms. The number of benzene rings is 3. The molecular weight excluding hydrogens is 401 g/mol. The highest BCUT2D eigenvalue weighted by Crippen LogP contribution is 2.46. The zero-order valence-electron chi connectivity index (χ0n) is 18.1. The number of rotatable bonds is 2. The van der Waals surface area contributed by atoms with Gasteiger partial charge in [-0.2, -0.15) is 0 Å². The van der Waals surface area contributed by atoms with E-state index in [4.69, 9.17) is 10.7 Å². The number of likely N-dealkylation sites (N-methyl/N-ethyl adjacent to an activating group) is 1. The molecule has 162 valence electrons. The molecule has 1 fully saturated rings. The quantitative estimate of drug-likeness (QED) is 0.493. The number of halogens is 1. The Balaban J connectivity index is 1.45. The Bertz CT molecular complexity index is 1330. The van der Waals surface area contributed by atoms with Crippen molar-refractivity contribution < 1.29 is 4.39 Å². The molecule has 2 heterocycles. The first-order chi connectivity index (χ1) is 15.6. The second-order valence-electron chi connectivity index (χ2n) is 8.88. The smallest absolute Gasteiger partial charge is 0.148 e. The molecule has 6 heteroatoms. The molecule has 1 aliphatic carbocycles. The highest BCUT2D eigenvalue weighted by molar-refractivity contribution is 5.92. The van der Waals surface area contributed by atoms with E-state index in [0.717, 1.165) is 71.8 Å². The number of nitrogens with two attached hydrogens (primary N) is 1. The Morgan fingerprint density at radius 3 is 2.69 bits per heavy atom. The first kappa shape index (κ1) is 19.5. The van der Waals surface area contributed by atoms with Gasteiger partial charge in [0.2, 0.25) is 0 Å². The van der Waals surface area contributed by atoms with E-state index in [2.05, 4.69) is 46.1 Å². The van der Waals surface area contributed by atoms with Gasteiger partial charge in [-0.25, -0.2) is 9.37 Å². The molecule has 0 amide bonds. The number of aromatic amines is 1. The monoisotopic (exact) mass is 427 g/mol. The summed E-state index contributed by atoms with van der Waals surface area (Å²) in [5.41, 5.74) is 14.2. The lowest BCUT2D eigenvalue weighted by Gasteiger charge is -2.23. The van der Waals surface area contributed by atoms with Crippen molar-refractivity contribution in [2.24, 2.45) is 5.73 Å². The van der Waals surface area contributed by atoms with Gasteiger partial charge in [0, 0.05) is 31.3 Å². The summed E-state index contributed by atoms with van der Waals surface area (Å²) >= 11 is 0. The third-order valence-electron chi connectivity index (χ3n) is 6.86. The molecule has 1 aromatic heterocycles. The van der Waals surface area contributed by atoms with Crippen LogP contribution in [0.4, 0.5) is 10.1 Å². The van der Waals surface area contributed by atoms with E-state index in [1.165, 1.54) is 0 Å². The minimum Gasteiger partial charge on any atom is -0.368 e. The van der Waals surface area contributed by atoms with Gasteiger partial charge in [-0.05, 0) is 48.3 Å². The molecule has 0 bridgehead atoms. The molecule has 5 nitrogen and oxygen atoms in total. The number of aromatic nitrogens is 2. The van der Waals surface area contributed by atoms with Crippen molar-refractivity contribution in [3.63, 3.8) is 0 Å². The van der Waals surface area contributed by atoms with Gasteiger partial charge in [-0.15, -0.1) is 0 Å². The number of nitrogens with zero attached hydrogens (tertiary/aromatic N) is 3. The SMILES string of the molecule is CN1CCCN(c2cc3nc(-c4cccc5c4-c4ccccc4[C@H]5N)[nH]c3cc2F)CC1. The van der Waals surface area contributed by atoms with Gasteiger partial charge >= 0.3 is 0 Å². The van der Waals surface area contributed by atoms with Gasteiger partial charge in [0.25, 0.3) is 0 Å². The fourth-order valence-corrected chi connectivity index (χ4v) is 5.17. The molecule has 1 saturated heterocycles. The van der Waals surface area contributed by atoms with E-state index in [9.17, 15) is 0 Å². The van der Waals surface area contributed by atoms with Gasteiger partial charge < -0.3 is 20.5 Å². The van der Waals surface area contributed by atoms with E-state index in [0.29, 0.717) is 11.2 Å². The molecule has 0 spiro atoms. The van der Waals surface area contributed by atoms with Crippen LogP contribution in [0.15, 0.2) is 54.6 Å². The maximum absolute atomic E-state index is 15.1. The lowest BCUT2D eigenvalue weighted by atomic mass is 9.99. The molecule has 3 N–H and O–H groups in total. The zero-order chi connectivity index (χ0) is 21.8. The summed E-state index contributed by atoms with van der Waals surface area (Å²) in [6.07, 6.45) is 1.02. The first-order valence-electron chi connectivity index (χ1n) is 11.2.